The smallest absolute Gasteiger partial charge is 0.283 e. The molecule has 1 N–H and O–H groups in total. The van der Waals surface area contributed by atoms with Crippen LogP contribution in [0, 0.1) is 5.41 Å². The van der Waals surface area contributed by atoms with Crippen LogP contribution in [-0.2, 0) is 16.8 Å². The Morgan fingerprint density at radius 2 is 1.86 bits per heavy atom. The largest absolute Gasteiger partial charge is 0.492 e. The Morgan fingerprint density at radius 3 is 2.60 bits per heavy atom. The number of benzene rings is 2. The Labute approximate surface area is 209 Å². The summed E-state index contributed by atoms with van der Waals surface area (Å²) in [5, 5.41) is 10.2. The number of carbonyl (C=O) groups excluding carboxylic acids is 1. The van der Waals surface area contributed by atoms with E-state index in [1.54, 1.807) is 11.0 Å². The number of ether oxygens (including phenoxy) is 1. The molecule has 178 valence electrons. The first-order chi connectivity index (χ1) is 16.7. The van der Waals surface area contributed by atoms with Gasteiger partial charge in [-0.15, -0.1) is 0 Å². The van der Waals surface area contributed by atoms with Crippen LogP contribution in [0.3, 0.4) is 0 Å². The second-order valence-corrected chi connectivity index (χ2v) is 10.9. The second-order valence-electron chi connectivity index (χ2n) is 9.74. The Hall–Kier alpha value is -3.58. The normalized spacial score (nSPS) is 17.1. The standard InChI is InChI=1S/C28H28N4O2S/c1-18-16-32-25(29)23(26(33)30-27(32)35-18)15-19-17-31(24-8-6-5-7-22(19)24)13-14-34-21-11-9-20(10-12-21)28(2,3)4/h5-12,15-17,29H,13-14H2,1-4H3. The van der Waals surface area contributed by atoms with Crippen LogP contribution >= 0.6 is 11.8 Å². The van der Waals surface area contributed by atoms with Crippen molar-refractivity contribution in [1.29, 1.82) is 5.41 Å². The topological polar surface area (TPSA) is 70.7 Å². The summed E-state index contributed by atoms with van der Waals surface area (Å²) < 4.78 is 8.15. The number of nitrogens with one attached hydrogen (secondary N) is 1. The third-order valence-corrected chi connectivity index (χ3v) is 7.03. The van der Waals surface area contributed by atoms with Gasteiger partial charge in [0.15, 0.2) is 5.17 Å². The zero-order valence-electron chi connectivity index (χ0n) is 20.3. The van der Waals surface area contributed by atoms with Gasteiger partial charge in [0.05, 0.1) is 12.1 Å². The highest BCUT2D eigenvalue weighted by Crippen LogP contribution is 2.33. The quantitative estimate of drug-likeness (QED) is 0.439. The molecule has 7 heteroatoms. The van der Waals surface area contributed by atoms with Crippen molar-refractivity contribution in [2.24, 2.45) is 4.99 Å². The fourth-order valence-electron chi connectivity index (χ4n) is 4.25. The predicted octanol–water partition coefficient (Wildman–Crippen LogP) is 6.18. The van der Waals surface area contributed by atoms with E-state index in [0.29, 0.717) is 23.9 Å². The van der Waals surface area contributed by atoms with E-state index in [9.17, 15) is 4.79 Å². The average Bonchev–Trinajstić information content (AvgIpc) is 3.36. The van der Waals surface area contributed by atoms with E-state index in [0.717, 1.165) is 27.1 Å². The number of amidine groups is 2. The summed E-state index contributed by atoms with van der Waals surface area (Å²) in [4.78, 5) is 19.6. The van der Waals surface area contributed by atoms with Gasteiger partial charge < -0.3 is 9.30 Å². The van der Waals surface area contributed by atoms with E-state index < -0.39 is 0 Å². The lowest BCUT2D eigenvalue weighted by Crippen LogP contribution is -2.35. The molecule has 2 aliphatic heterocycles. The molecule has 0 fully saturated rings. The van der Waals surface area contributed by atoms with Gasteiger partial charge in [0.1, 0.15) is 18.2 Å². The number of carbonyl (C=O) groups is 1. The molecule has 0 atom stereocenters. The highest BCUT2D eigenvalue weighted by Gasteiger charge is 2.33. The number of allylic oxidation sites excluding steroid dienone is 1. The van der Waals surface area contributed by atoms with E-state index >= 15 is 0 Å². The molecule has 0 radical (unpaired) electrons. The molecule has 6 nitrogen and oxygen atoms in total. The van der Waals surface area contributed by atoms with Gasteiger partial charge in [-0.2, -0.15) is 4.99 Å². The first kappa shape index (κ1) is 23.2. The Bertz CT molecular complexity index is 1420. The highest BCUT2D eigenvalue weighted by atomic mass is 32.2. The summed E-state index contributed by atoms with van der Waals surface area (Å²) in [6, 6.07) is 16.3. The lowest BCUT2D eigenvalue weighted by atomic mass is 9.87. The number of hydrogen-bond acceptors (Lipinski definition) is 4. The van der Waals surface area contributed by atoms with Gasteiger partial charge in [0.25, 0.3) is 5.91 Å². The number of hydrogen-bond donors (Lipinski definition) is 1. The summed E-state index contributed by atoms with van der Waals surface area (Å²) in [5.41, 5.74) is 3.61. The first-order valence-corrected chi connectivity index (χ1v) is 12.4. The maximum atomic E-state index is 12.7. The molecule has 0 saturated carbocycles. The number of para-hydroxylation sites is 1. The van der Waals surface area contributed by atoms with E-state index in [1.165, 1.54) is 17.3 Å². The van der Waals surface area contributed by atoms with Gasteiger partial charge in [-0.1, -0.05) is 62.9 Å². The van der Waals surface area contributed by atoms with Crippen molar-refractivity contribution < 1.29 is 9.53 Å². The number of amides is 1. The SMILES string of the molecule is CC1=CN2C(=N)C(=Cc3cn(CCOc4ccc(C(C)(C)C)cc4)c4ccccc34)C(=O)N=C2S1. The molecule has 2 aromatic carbocycles. The predicted molar refractivity (Wildman–Crippen MR) is 144 cm³/mol. The molecule has 3 heterocycles. The van der Waals surface area contributed by atoms with Gasteiger partial charge in [-0.25, -0.2) is 0 Å². The van der Waals surface area contributed by atoms with Crippen LogP contribution in [0.5, 0.6) is 5.75 Å². The molecule has 3 aromatic rings. The molecular formula is C28H28N4O2S. The fourth-order valence-corrected chi connectivity index (χ4v) is 5.06. The molecule has 0 aliphatic carbocycles. The van der Waals surface area contributed by atoms with E-state index in [-0.39, 0.29) is 17.2 Å². The maximum absolute atomic E-state index is 12.7. The van der Waals surface area contributed by atoms with Crippen LogP contribution in [0.1, 0.15) is 38.8 Å². The van der Waals surface area contributed by atoms with Crippen molar-refractivity contribution in [3.05, 3.63) is 82.5 Å². The van der Waals surface area contributed by atoms with Crippen LogP contribution in [0.15, 0.2) is 76.4 Å². The minimum Gasteiger partial charge on any atom is -0.492 e. The van der Waals surface area contributed by atoms with Crippen molar-refractivity contribution in [3.63, 3.8) is 0 Å². The molecule has 0 saturated heterocycles. The van der Waals surface area contributed by atoms with E-state index in [2.05, 4.69) is 48.5 Å². The third-order valence-electron chi connectivity index (χ3n) is 6.13. The summed E-state index contributed by atoms with van der Waals surface area (Å²) in [7, 11) is 0. The van der Waals surface area contributed by atoms with Crippen molar-refractivity contribution in [2.75, 3.05) is 6.61 Å². The van der Waals surface area contributed by atoms with Crippen molar-refractivity contribution in [3.8, 4) is 5.75 Å². The van der Waals surface area contributed by atoms with Gasteiger partial charge in [0, 0.05) is 33.8 Å². The number of rotatable bonds is 5. The van der Waals surface area contributed by atoms with Gasteiger partial charge in [0.2, 0.25) is 0 Å². The maximum Gasteiger partial charge on any atom is 0.283 e. The monoisotopic (exact) mass is 484 g/mol. The summed E-state index contributed by atoms with van der Waals surface area (Å²) in [6.07, 6.45) is 5.64. The first-order valence-electron chi connectivity index (χ1n) is 11.6. The Kier molecular flexibility index (Phi) is 5.89. The van der Waals surface area contributed by atoms with Crippen molar-refractivity contribution in [1.82, 2.24) is 9.47 Å². The van der Waals surface area contributed by atoms with E-state index in [1.807, 2.05) is 49.7 Å². The van der Waals surface area contributed by atoms with Gasteiger partial charge in [-0.3, -0.25) is 15.1 Å². The molecule has 1 aromatic heterocycles. The number of fused-ring (bicyclic) bond motifs is 2. The fraction of sp³-hybridized carbons (Fsp3) is 0.250. The lowest BCUT2D eigenvalue weighted by Gasteiger charge is -2.22. The van der Waals surface area contributed by atoms with Gasteiger partial charge in [-0.05, 0) is 42.2 Å². The summed E-state index contributed by atoms with van der Waals surface area (Å²) in [6.45, 7) is 9.71. The van der Waals surface area contributed by atoms with Crippen LogP contribution in [0.4, 0.5) is 0 Å². The second kappa shape index (κ2) is 8.89. The summed E-state index contributed by atoms with van der Waals surface area (Å²) in [5.74, 6) is 0.623. The number of aromatic nitrogens is 1. The third kappa shape index (κ3) is 4.56. The Morgan fingerprint density at radius 1 is 1.11 bits per heavy atom. The zero-order valence-corrected chi connectivity index (χ0v) is 21.1. The highest BCUT2D eigenvalue weighted by molar-refractivity contribution is 8.17. The minimum absolute atomic E-state index is 0.110. The van der Waals surface area contributed by atoms with Crippen LogP contribution in [0.25, 0.3) is 17.0 Å². The zero-order chi connectivity index (χ0) is 24.7. The average molecular weight is 485 g/mol. The number of nitrogens with zero attached hydrogens (tertiary/aromatic N) is 3. The molecule has 0 unspecified atom stereocenters. The summed E-state index contributed by atoms with van der Waals surface area (Å²) >= 11 is 1.41. The lowest BCUT2D eigenvalue weighted by molar-refractivity contribution is -0.114. The molecule has 0 spiro atoms. The van der Waals surface area contributed by atoms with Crippen molar-refractivity contribution >= 4 is 45.7 Å². The van der Waals surface area contributed by atoms with Crippen molar-refractivity contribution in [2.45, 2.75) is 39.7 Å². The molecule has 1 amide bonds. The molecule has 0 bridgehead atoms. The molecule has 5 rings (SSSR count). The van der Waals surface area contributed by atoms with Gasteiger partial charge >= 0.3 is 0 Å². The Balaban J connectivity index is 1.37. The molecule has 35 heavy (non-hydrogen) atoms. The van der Waals surface area contributed by atoms with Crippen LogP contribution in [0.2, 0.25) is 0 Å². The number of thioether (sulfide) groups is 1. The number of aliphatic imine (C=N–C) groups is 1. The minimum atomic E-state index is -0.379. The van der Waals surface area contributed by atoms with Crippen LogP contribution in [-0.4, -0.2) is 33.0 Å². The van der Waals surface area contributed by atoms with Crippen LogP contribution < -0.4 is 4.74 Å². The molecule has 2 aliphatic rings. The molecular weight excluding hydrogens is 456 g/mol. The van der Waals surface area contributed by atoms with E-state index in [4.69, 9.17) is 10.1 Å².